The summed E-state index contributed by atoms with van der Waals surface area (Å²) in [6.45, 7) is 2.59. The number of nitrogens with one attached hydrogen (secondary N) is 2. The Hall–Kier alpha value is -2.58. The lowest BCUT2D eigenvalue weighted by molar-refractivity contribution is -0.136. The van der Waals surface area contributed by atoms with E-state index < -0.39 is 11.8 Å². The number of ether oxygens (including phenoxy) is 2. The van der Waals surface area contributed by atoms with Gasteiger partial charge in [0.2, 0.25) is 6.79 Å². The highest BCUT2D eigenvalue weighted by molar-refractivity contribution is 7.08. The molecule has 0 bridgehead atoms. The fraction of sp³-hybridized carbons (Fsp3) is 0.400. The lowest BCUT2D eigenvalue weighted by Gasteiger charge is -2.34. The van der Waals surface area contributed by atoms with Crippen LogP contribution in [0.25, 0.3) is 0 Å². The monoisotopic (exact) mass is 401 g/mol. The standard InChI is InChI=1S/C20H23N3O4S/c24-19(20(25)22-15-4-5-17-18(10-15)27-13-26-17)21-11-16(14-6-9-28-12-14)23-7-2-1-3-8-23/h4-6,9-10,12,16H,1-3,7-8,11,13H2,(H,21,24)(H,22,25). The molecule has 2 amide bonds. The van der Waals surface area contributed by atoms with Crippen molar-refractivity contribution in [2.75, 3.05) is 31.7 Å². The smallest absolute Gasteiger partial charge is 0.313 e. The minimum Gasteiger partial charge on any atom is -0.454 e. The van der Waals surface area contributed by atoms with Crippen LogP contribution in [0.4, 0.5) is 5.69 Å². The van der Waals surface area contributed by atoms with Crippen LogP contribution in [0.2, 0.25) is 0 Å². The maximum Gasteiger partial charge on any atom is 0.313 e. The summed E-state index contributed by atoms with van der Waals surface area (Å²) >= 11 is 1.64. The fourth-order valence-corrected chi connectivity index (χ4v) is 4.29. The van der Waals surface area contributed by atoms with Crippen molar-refractivity contribution in [1.82, 2.24) is 10.2 Å². The van der Waals surface area contributed by atoms with Crippen molar-refractivity contribution in [3.8, 4) is 11.5 Å². The van der Waals surface area contributed by atoms with E-state index in [1.807, 2.05) is 5.38 Å². The Morgan fingerprint density at radius 3 is 2.68 bits per heavy atom. The Labute approximate surface area is 167 Å². The average Bonchev–Trinajstić information content (AvgIpc) is 3.40. The summed E-state index contributed by atoms with van der Waals surface area (Å²) in [6, 6.07) is 7.21. The molecule has 2 aliphatic heterocycles. The topological polar surface area (TPSA) is 79.9 Å². The van der Waals surface area contributed by atoms with E-state index in [0.29, 0.717) is 23.7 Å². The van der Waals surface area contributed by atoms with Crippen molar-refractivity contribution in [1.29, 1.82) is 0 Å². The predicted molar refractivity (Wildman–Crippen MR) is 107 cm³/mol. The number of carbonyl (C=O) groups is 2. The van der Waals surface area contributed by atoms with E-state index in [9.17, 15) is 9.59 Å². The van der Waals surface area contributed by atoms with Gasteiger partial charge in [-0.15, -0.1) is 0 Å². The van der Waals surface area contributed by atoms with Crippen LogP contribution in [0.3, 0.4) is 0 Å². The van der Waals surface area contributed by atoms with Gasteiger partial charge in [-0.2, -0.15) is 11.3 Å². The summed E-state index contributed by atoms with van der Waals surface area (Å²) in [5, 5.41) is 9.56. The number of likely N-dealkylation sites (tertiary alicyclic amines) is 1. The first-order valence-corrected chi connectivity index (χ1v) is 10.4. The zero-order valence-electron chi connectivity index (χ0n) is 15.5. The molecule has 1 aromatic heterocycles. The molecule has 1 aromatic carbocycles. The Morgan fingerprint density at radius 2 is 1.89 bits per heavy atom. The quantitative estimate of drug-likeness (QED) is 0.753. The zero-order valence-corrected chi connectivity index (χ0v) is 16.3. The second-order valence-corrected chi connectivity index (χ2v) is 7.68. The van der Waals surface area contributed by atoms with Crippen LogP contribution in [0.1, 0.15) is 30.9 Å². The summed E-state index contributed by atoms with van der Waals surface area (Å²) < 4.78 is 10.5. The molecule has 3 heterocycles. The van der Waals surface area contributed by atoms with Gasteiger partial charge in [0.15, 0.2) is 11.5 Å². The van der Waals surface area contributed by atoms with Gasteiger partial charge in [-0.3, -0.25) is 14.5 Å². The molecule has 148 valence electrons. The summed E-state index contributed by atoms with van der Waals surface area (Å²) in [4.78, 5) is 27.0. The number of hydrogen-bond donors (Lipinski definition) is 2. The van der Waals surface area contributed by atoms with Gasteiger partial charge in [0.05, 0.1) is 6.04 Å². The van der Waals surface area contributed by atoms with Crippen LogP contribution >= 0.6 is 11.3 Å². The maximum absolute atomic E-state index is 12.3. The number of piperidine rings is 1. The van der Waals surface area contributed by atoms with E-state index in [1.54, 1.807) is 29.5 Å². The normalized spacial score (nSPS) is 17.1. The molecule has 0 spiro atoms. The molecule has 0 saturated carbocycles. The third-order valence-corrected chi connectivity index (χ3v) is 5.75. The molecule has 1 fully saturated rings. The Morgan fingerprint density at radius 1 is 1.07 bits per heavy atom. The van der Waals surface area contributed by atoms with Gasteiger partial charge in [-0.05, 0) is 60.5 Å². The zero-order chi connectivity index (χ0) is 19.3. The molecular weight excluding hydrogens is 378 g/mol. The van der Waals surface area contributed by atoms with E-state index in [0.717, 1.165) is 13.1 Å². The molecule has 1 saturated heterocycles. The van der Waals surface area contributed by atoms with Crippen LogP contribution in [-0.4, -0.2) is 43.1 Å². The first kappa shape index (κ1) is 18.8. The van der Waals surface area contributed by atoms with Crippen LogP contribution in [0.15, 0.2) is 35.0 Å². The molecule has 8 heteroatoms. The second-order valence-electron chi connectivity index (χ2n) is 6.90. The third-order valence-electron chi connectivity index (χ3n) is 5.05. The van der Waals surface area contributed by atoms with Crippen LogP contribution in [0.5, 0.6) is 11.5 Å². The minimum absolute atomic E-state index is 0.0915. The van der Waals surface area contributed by atoms with Gasteiger partial charge >= 0.3 is 11.8 Å². The molecule has 1 unspecified atom stereocenters. The highest BCUT2D eigenvalue weighted by Crippen LogP contribution is 2.34. The van der Waals surface area contributed by atoms with Gasteiger partial charge in [-0.1, -0.05) is 6.42 Å². The highest BCUT2D eigenvalue weighted by Gasteiger charge is 2.24. The maximum atomic E-state index is 12.3. The fourth-order valence-electron chi connectivity index (χ4n) is 3.58. The van der Waals surface area contributed by atoms with E-state index in [-0.39, 0.29) is 12.8 Å². The number of hydrogen-bond acceptors (Lipinski definition) is 6. The lowest BCUT2D eigenvalue weighted by Crippen LogP contribution is -2.43. The van der Waals surface area contributed by atoms with Gasteiger partial charge in [-0.25, -0.2) is 0 Å². The van der Waals surface area contributed by atoms with Crippen molar-refractivity contribution >= 4 is 28.8 Å². The number of rotatable bonds is 5. The van der Waals surface area contributed by atoms with Crippen LogP contribution in [-0.2, 0) is 9.59 Å². The number of fused-ring (bicyclic) bond motifs is 1. The predicted octanol–water partition coefficient (Wildman–Crippen LogP) is 2.76. The molecule has 2 N–H and O–H groups in total. The largest absolute Gasteiger partial charge is 0.454 e. The molecule has 4 rings (SSSR count). The van der Waals surface area contributed by atoms with Gasteiger partial charge in [0, 0.05) is 18.3 Å². The molecule has 0 aliphatic carbocycles. The minimum atomic E-state index is -0.693. The number of benzene rings is 1. The van der Waals surface area contributed by atoms with Crippen LogP contribution < -0.4 is 20.1 Å². The van der Waals surface area contributed by atoms with Gasteiger partial charge in [0.1, 0.15) is 0 Å². The van der Waals surface area contributed by atoms with Gasteiger partial charge in [0.25, 0.3) is 0 Å². The van der Waals surface area contributed by atoms with E-state index in [1.165, 1.54) is 24.8 Å². The SMILES string of the molecule is O=C(NCC(c1ccsc1)N1CCCCC1)C(=O)Nc1ccc2c(c1)OCO2. The van der Waals surface area contributed by atoms with Crippen molar-refractivity contribution in [2.24, 2.45) is 0 Å². The number of nitrogens with zero attached hydrogens (tertiary/aromatic N) is 1. The molecule has 0 radical (unpaired) electrons. The highest BCUT2D eigenvalue weighted by atomic mass is 32.1. The molecule has 28 heavy (non-hydrogen) atoms. The summed E-state index contributed by atoms with van der Waals surface area (Å²) in [6.07, 6.45) is 3.58. The van der Waals surface area contributed by atoms with E-state index in [2.05, 4.69) is 27.0 Å². The Balaban J connectivity index is 1.35. The molecular formula is C20H23N3O4S. The average molecular weight is 401 g/mol. The summed E-state index contributed by atoms with van der Waals surface area (Å²) in [5.74, 6) is -0.153. The summed E-state index contributed by atoms with van der Waals surface area (Å²) in [5.41, 5.74) is 1.68. The first-order valence-electron chi connectivity index (χ1n) is 9.46. The second kappa shape index (κ2) is 8.62. The Kier molecular flexibility index (Phi) is 5.78. The molecule has 1 atom stereocenters. The first-order chi connectivity index (χ1) is 13.7. The van der Waals surface area contributed by atoms with Crippen molar-refractivity contribution in [3.05, 3.63) is 40.6 Å². The van der Waals surface area contributed by atoms with Gasteiger partial charge < -0.3 is 20.1 Å². The number of thiophene rings is 1. The number of anilines is 1. The number of amides is 2. The molecule has 7 nitrogen and oxygen atoms in total. The van der Waals surface area contributed by atoms with E-state index >= 15 is 0 Å². The summed E-state index contributed by atoms with van der Waals surface area (Å²) in [7, 11) is 0. The lowest BCUT2D eigenvalue weighted by atomic mass is 10.0. The third kappa shape index (κ3) is 4.28. The molecule has 2 aromatic rings. The van der Waals surface area contributed by atoms with Crippen molar-refractivity contribution in [2.45, 2.75) is 25.3 Å². The van der Waals surface area contributed by atoms with Crippen molar-refractivity contribution in [3.63, 3.8) is 0 Å². The van der Waals surface area contributed by atoms with Crippen molar-refractivity contribution < 1.29 is 19.1 Å². The van der Waals surface area contributed by atoms with Crippen LogP contribution in [0, 0.1) is 0 Å². The molecule has 2 aliphatic rings. The Bertz CT molecular complexity index is 834. The number of carbonyl (C=O) groups excluding carboxylic acids is 2. The van der Waals surface area contributed by atoms with E-state index in [4.69, 9.17) is 9.47 Å².